The Morgan fingerprint density at radius 3 is 2.12 bits per heavy atom. The molecule has 2 aromatic rings. The summed E-state index contributed by atoms with van der Waals surface area (Å²) in [5, 5.41) is 0. The van der Waals surface area contributed by atoms with E-state index in [1.807, 2.05) is 72.8 Å². The van der Waals surface area contributed by atoms with Gasteiger partial charge < -0.3 is 0 Å². The molecule has 0 fully saturated rings. The van der Waals surface area contributed by atoms with E-state index in [0.29, 0.717) is 5.75 Å². The van der Waals surface area contributed by atoms with Crippen LogP contribution in [0, 0.1) is 0 Å². The molecule has 1 nitrogen and oxygen atoms in total. The smallest absolute Gasteiger partial charge is 0.0568 e. The quantitative estimate of drug-likeness (QED) is 0.802. The van der Waals surface area contributed by atoms with Crippen LogP contribution in [0.3, 0.4) is 0 Å². The Labute approximate surface area is 104 Å². The molecule has 2 heteroatoms. The number of rotatable bonds is 4. The summed E-state index contributed by atoms with van der Waals surface area (Å²) in [5.41, 5.74) is 1.14. The van der Waals surface area contributed by atoms with Crippen LogP contribution in [0.25, 0.3) is 6.08 Å². The lowest BCUT2D eigenvalue weighted by Gasteiger charge is -1.97. The number of hydrogen-bond acceptors (Lipinski definition) is 1. The molecule has 0 aliphatic heterocycles. The summed E-state index contributed by atoms with van der Waals surface area (Å²) in [6.45, 7) is 0. The van der Waals surface area contributed by atoms with Gasteiger partial charge in [-0.3, -0.25) is 4.21 Å². The molecule has 0 aromatic heterocycles. The maximum Gasteiger partial charge on any atom is 0.0568 e. The Bertz CT molecular complexity index is 503. The minimum Gasteiger partial charge on any atom is -0.254 e. The van der Waals surface area contributed by atoms with E-state index >= 15 is 0 Å². The van der Waals surface area contributed by atoms with Gasteiger partial charge in [-0.1, -0.05) is 60.7 Å². The zero-order valence-electron chi connectivity index (χ0n) is 9.45. The van der Waals surface area contributed by atoms with Crippen LogP contribution in [0.1, 0.15) is 5.56 Å². The molecule has 0 N–H and O–H groups in total. The molecule has 0 amide bonds. The number of benzene rings is 2. The third kappa shape index (κ3) is 3.68. The molecule has 0 aliphatic carbocycles. The van der Waals surface area contributed by atoms with E-state index in [9.17, 15) is 4.21 Å². The molecule has 0 spiro atoms. The second kappa shape index (κ2) is 6.16. The summed E-state index contributed by atoms with van der Waals surface area (Å²) < 4.78 is 11.9. The fraction of sp³-hybridized carbons (Fsp3) is 0.0667. The van der Waals surface area contributed by atoms with E-state index in [1.165, 1.54) is 0 Å². The van der Waals surface area contributed by atoms with Crippen molar-refractivity contribution in [2.24, 2.45) is 0 Å². The highest BCUT2D eigenvalue weighted by molar-refractivity contribution is 7.85. The van der Waals surface area contributed by atoms with Gasteiger partial charge in [-0.05, 0) is 17.7 Å². The first-order valence-electron chi connectivity index (χ1n) is 5.51. The normalized spacial score (nSPS) is 12.7. The summed E-state index contributed by atoms with van der Waals surface area (Å²) >= 11 is 0. The second-order valence-corrected chi connectivity index (χ2v) is 5.13. The molecule has 1 atom stereocenters. The Hall–Kier alpha value is -1.67. The highest BCUT2D eigenvalue weighted by Gasteiger charge is 1.98. The first kappa shape index (κ1) is 11.8. The van der Waals surface area contributed by atoms with Crippen molar-refractivity contribution >= 4 is 16.9 Å². The van der Waals surface area contributed by atoms with E-state index in [2.05, 4.69) is 0 Å². The number of hydrogen-bond donors (Lipinski definition) is 0. The van der Waals surface area contributed by atoms with Crippen LogP contribution in [0.5, 0.6) is 0 Å². The topological polar surface area (TPSA) is 17.1 Å². The fourth-order valence-electron chi connectivity index (χ4n) is 1.50. The Kier molecular flexibility index (Phi) is 4.28. The van der Waals surface area contributed by atoms with Gasteiger partial charge >= 0.3 is 0 Å². The molecule has 0 saturated heterocycles. The van der Waals surface area contributed by atoms with E-state index in [0.717, 1.165) is 10.5 Å². The zero-order chi connectivity index (χ0) is 11.9. The standard InChI is InChI=1S/C15H14OS/c16-17(15-11-5-2-6-12-15)13-7-10-14-8-3-1-4-9-14/h1-12H,13H2/b10-7+. The molecule has 17 heavy (non-hydrogen) atoms. The molecule has 0 bridgehead atoms. The summed E-state index contributed by atoms with van der Waals surface area (Å²) in [5.74, 6) is 0.554. The summed E-state index contributed by atoms with van der Waals surface area (Å²) in [4.78, 5) is 0.880. The van der Waals surface area contributed by atoms with E-state index in [-0.39, 0.29) is 0 Å². The van der Waals surface area contributed by atoms with Gasteiger partial charge in [0.1, 0.15) is 0 Å². The van der Waals surface area contributed by atoms with Crippen LogP contribution < -0.4 is 0 Å². The van der Waals surface area contributed by atoms with Gasteiger partial charge in [0.05, 0.1) is 10.8 Å². The SMILES string of the molecule is O=S(C/C=C/c1ccccc1)c1ccccc1. The largest absolute Gasteiger partial charge is 0.254 e. The van der Waals surface area contributed by atoms with Crippen LogP contribution in [0.4, 0.5) is 0 Å². The van der Waals surface area contributed by atoms with Gasteiger partial charge in [0.25, 0.3) is 0 Å². The monoisotopic (exact) mass is 242 g/mol. The molecule has 86 valence electrons. The molecular weight excluding hydrogens is 228 g/mol. The van der Waals surface area contributed by atoms with Crippen molar-refractivity contribution in [3.05, 3.63) is 72.3 Å². The van der Waals surface area contributed by atoms with Crippen LogP contribution in [-0.4, -0.2) is 9.96 Å². The molecule has 2 aromatic carbocycles. The first-order chi connectivity index (χ1) is 8.36. The lowest BCUT2D eigenvalue weighted by Crippen LogP contribution is -1.94. The molecular formula is C15H14OS. The Balaban J connectivity index is 1.95. The van der Waals surface area contributed by atoms with Gasteiger partial charge in [-0.2, -0.15) is 0 Å². The maximum atomic E-state index is 11.9. The van der Waals surface area contributed by atoms with Gasteiger partial charge in [0.2, 0.25) is 0 Å². The average molecular weight is 242 g/mol. The van der Waals surface area contributed by atoms with Gasteiger partial charge in [0.15, 0.2) is 0 Å². The molecule has 2 rings (SSSR count). The molecule has 0 saturated carbocycles. The van der Waals surface area contributed by atoms with Crippen molar-refractivity contribution in [3.63, 3.8) is 0 Å². The van der Waals surface area contributed by atoms with Crippen molar-refractivity contribution in [1.29, 1.82) is 0 Å². The first-order valence-corrected chi connectivity index (χ1v) is 6.83. The van der Waals surface area contributed by atoms with E-state index in [4.69, 9.17) is 0 Å². The average Bonchev–Trinajstić information content (AvgIpc) is 2.41. The van der Waals surface area contributed by atoms with Crippen molar-refractivity contribution in [2.75, 3.05) is 5.75 Å². The highest BCUT2D eigenvalue weighted by atomic mass is 32.2. The fourth-order valence-corrected chi connectivity index (χ4v) is 2.43. The third-order valence-corrected chi connectivity index (χ3v) is 3.66. The predicted molar refractivity (Wildman–Crippen MR) is 73.2 cm³/mol. The molecule has 1 unspecified atom stereocenters. The van der Waals surface area contributed by atoms with Crippen molar-refractivity contribution in [3.8, 4) is 0 Å². The summed E-state index contributed by atoms with van der Waals surface area (Å²) in [7, 11) is -0.944. The third-order valence-electron chi connectivity index (χ3n) is 2.36. The lowest BCUT2D eigenvalue weighted by atomic mass is 10.2. The zero-order valence-corrected chi connectivity index (χ0v) is 10.3. The van der Waals surface area contributed by atoms with E-state index in [1.54, 1.807) is 0 Å². The minimum absolute atomic E-state index is 0.554. The Morgan fingerprint density at radius 2 is 1.47 bits per heavy atom. The summed E-state index contributed by atoms with van der Waals surface area (Å²) in [6.07, 6.45) is 3.96. The van der Waals surface area contributed by atoms with Crippen molar-refractivity contribution in [2.45, 2.75) is 4.90 Å². The minimum atomic E-state index is -0.944. The Morgan fingerprint density at radius 1 is 0.882 bits per heavy atom. The van der Waals surface area contributed by atoms with Crippen molar-refractivity contribution in [1.82, 2.24) is 0 Å². The van der Waals surface area contributed by atoms with Crippen molar-refractivity contribution < 1.29 is 4.21 Å². The molecule has 0 aliphatic rings. The molecule has 0 radical (unpaired) electrons. The lowest BCUT2D eigenvalue weighted by molar-refractivity contribution is 0.685. The summed E-state index contributed by atoms with van der Waals surface area (Å²) in [6, 6.07) is 19.6. The van der Waals surface area contributed by atoms with E-state index < -0.39 is 10.8 Å². The van der Waals surface area contributed by atoms with Gasteiger partial charge in [-0.15, -0.1) is 0 Å². The highest BCUT2D eigenvalue weighted by Crippen LogP contribution is 2.07. The second-order valence-electron chi connectivity index (χ2n) is 3.64. The van der Waals surface area contributed by atoms with Crippen LogP contribution in [0.2, 0.25) is 0 Å². The predicted octanol–water partition coefficient (Wildman–Crippen LogP) is 3.51. The van der Waals surface area contributed by atoms with Crippen LogP contribution in [-0.2, 0) is 10.8 Å². The van der Waals surface area contributed by atoms with Crippen LogP contribution in [0.15, 0.2) is 71.6 Å². The van der Waals surface area contributed by atoms with Crippen LogP contribution >= 0.6 is 0 Å². The van der Waals surface area contributed by atoms with Gasteiger partial charge in [-0.25, -0.2) is 0 Å². The van der Waals surface area contributed by atoms with Gasteiger partial charge in [0, 0.05) is 10.6 Å². The molecule has 0 heterocycles. The maximum absolute atomic E-state index is 11.9.